The maximum atomic E-state index is 12.9. The van der Waals surface area contributed by atoms with Crippen molar-refractivity contribution in [3.05, 3.63) is 92.9 Å². The molecule has 0 aliphatic carbocycles. The van der Waals surface area contributed by atoms with E-state index in [4.69, 9.17) is 14.2 Å². The third-order valence-electron chi connectivity index (χ3n) is 5.67. The first kappa shape index (κ1) is 28.2. The summed E-state index contributed by atoms with van der Waals surface area (Å²) in [6.07, 6.45) is 1.57. The van der Waals surface area contributed by atoms with Crippen molar-refractivity contribution in [2.45, 2.75) is 13.5 Å². The van der Waals surface area contributed by atoms with Crippen LogP contribution in [-0.2, 0) is 16.1 Å². The van der Waals surface area contributed by atoms with Crippen LogP contribution in [0.1, 0.15) is 18.1 Å². The van der Waals surface area contributed by atoms with Gasteiger partial charge in [0.1, 0.15) is 5.75 Å². The SMILES string of the molecule is CCOc1cc(/C=C2/SC(=O)N(Cc3ccc([N+](=O)[O-])cc3)C2=O)ccc1OCC(=O)Nc1ccccc1OC. The van der Waals surface area contributed by atoms with E-state index in [1.54, 1.807) is 55.5 Å². The van der Waals surface area contributed by atoms with Crippen molar-refractivity contribution in [1.82, 2.24) is 4.90 Å². The fraction of sp³-hybridized carbons (Fsp3) is 0.179. The Balaban J connectivity index is 1.43. The van der Waals surface area contributed by atoms with Crippen LogP contribution < -0.4 is 19.5 Å². The highest BCUT2D eigenvalue weighted by atomic mass is 32.2. The van der Waals surface area contributed by atoms with Crippen LogP contribution in [0.25, 0.3) is 6.08 Å². The molecule has 1 aliphatic heterocycles. The van der Waals surface area contributed by atoms with Gasteiger partial charge in [-0.15, -0.1) is 0 Å². The predicted octanol–water partition coefficient (Wildman–Crippen LogP) is 5.26. The summed E-state index contributed by atoms with van der Waals surface area (Å²) in [7, 11) is 1.51. The molecule has 3 aromatic rings. The second-order valence-electron chi connectivity index (χ2n) is 8.37. The van der Waals surface area contributed by atoms with Gasteiger partial charge in [-0.3, -0.25) is 29.4 Å². The number of thioether (sulfide) groups is 1. The molecule has 4 rings (SSSR count). The number of imide groups is 1. The standard InChI is InChI=1S/C28H25N3O8S/c1-3-38-24-14-19(10-13-23(24)39-17-26(32)29-21-6-4-5-7-22(21)37-2)15-25-27(33)30(28(34)40-25)16-18-8-11-20(12-9-18)31(35)36/h4-15H,3,16-17H2,1-2H3,(H,29,32)/b25-15+. The molecule has 206 valence electrons. The number of nitro groups is 1. The Morgan fingerprint density at radius 3 is 2.48 bits per heavy atom. The number of para-hydroxylation sites is 2. The smallest absolute Gasteiger partial charge is 0.293 e. The van der Waals surface area contributed by atoms with Crippen molar-refractivity contribution < 1.29 is 33.5 Å². The Kier molecular flexibility index (Phi) is 9.02. The number of nitro benzene ring substituents is 1. The molecule has 11 nitrogen and oxygen atoms in total. The van der Waals surface area contributed by atoms with E-state index >= 15 is 0 Å². The molecule has 12 heteroatoms. The molecule has 3 amide bonds. The molecule has 0 saturated carbocycles. The van der Waals surface area contributed by atoms with Crippen molar-refractivity contribution >= 4 is 46.3 Å². The largest absolute Gasteiger partial charge is 0.495 e. The molecule has 0 radical (unpaired) electrons. The highest BCUT2D eigenvalue weighted by Gasteiger charge is 2.35. The number of anilines is 1. The molecule has 0 spiro atoms. The van der Waals surface area contributed by atoms with Gasteiger partial charge in [-0.25, -0.2) is 0 Å². The first-order chi connectivity index (χ1) is 19.3. The minimum absolute atomic E-state index is 0.00606. The van der Waals surface area contributed by atoms with Crippen LogP contribution in [0, 0.1) is 10.1 Å². The molecule has 0 aromatic heterocycles. The molecule has 1 aliphatic rings. The van der Waals surface area contributed by atoms with Gasteiger partial charge in [0, 0.05) is 12.1 Å². The van der Waals surface area contributed by atoms with E-state index in [-0.39, 0.29) is 23.7 Å². The average Bonchev–Trinajstić information content (AvgIpc) is 3.20. The van der Waals surface area contributed by atoms with Gasteiger partial charge < -0.3 is 19.5 Å². The van der Waals surface area contributed by atoms with Crippen molar-refractivity contribution in [2.24, 2.45) is 0 Å². The summed E-state index contributed by atoms with van der Waals surface area (Å²) >= 11 is 0.800. The molecular weight excluding hydrogens is 538 g/mol. The van der Waals surface area contributed by atoms with E-state index in [0.717, 1.165) is 16.7 Å². The minimum atomic E-state index is -0.517. The lowest BCUT2D eigenvalue weighted by Gasteiger charge is -2.14. The first-order valence-corrected chi connectivity index (χ1v) is 12.9. The summed E-state index contributed by atoms with van der Waals surface area (Å²) in [6.45, 7) is 1.85. The number of ether oxygens (including phenoxy) is 3. The van der Waals surface area contributed by atoms with E-state index in [0.29, 0.717) is 40.7 Å². The Hall–Kier alpha value is -4.84. The monoisotopic (exact) mass is 563 g/mol. The van der Waals surface area contributed by atoms with E-state index in [9.17, 15) is 24.5 Å². The number of methoxy groups -OCH3 is 1. The number of benzene rings is 3. The number of rotatable bonds is 11. The molecule has 1 heterocycles. The molecule has 3 aromatic carbocycles. The highest BCUT2D eigenvalue weighted by Crippen LogP contribution is 2.35. The number of nitrogens with one attached hydrogen (secondary N) is 1. The summed E-state index contributed by atoms with van der Waals surface area (Å²) in [4.78, 5) is 49.6. The Bertz CT molecular complexity index is 1470. The number of carbonyl (C=O) groups excluding carboxylic acids is 3. The van der Waals surface area contributed by atoms with Gasteiger partial charge in [0.05, 0.1) is 35.8 Å². The molecule has 0 bridgehead atoms. The van der Waals surface area contributed by atoms with E-state index in [2.05, 4.69) is 5.32 Å². The summed E-state index contributed by atoms with van der Waals surface area (Å²) in [5.74, 6) is 0.358. The van der Waals surface area contributed by atoms with Gasteiger partial charge in [-0.05, 0) is 60.2 Å². The van der Waals surface area contributed by atoms with Crippen LogP contribution in [0.2, 0.25) is 0 Å². The van der Waals surface area contributed by atoms with Crippen LogP contribution in [0.4, 0.5) is 16.2 Å². The zero-order valence-electron chi connectivity index (χ0n) is 21.6. The molecule has 40 heavy (non-hydrogen) atoms. The van der Waals surface area contributed by atoms with Crippen LogP contribution in [0.5, 0.6) is 17.2 Å². The topological polar surface area (TPSA) is 137 Å². The lowest BCUT2D eigenvalue weighted by Crippen LogP contribution is -2.27. The van der Waals surface area contributed by atoms with Gasteiger partial charge >= 0.3 is 0 Å². The zero-order chi connectivity index (χ0) is 28.6. The molecule has 0 atom stereocenters. The maximum Gasteiger partial charge on any atom is 0.293 e. The van der Waals surface area contributed by atoms with Gasteiger partial charge in [0.25, 0.3) is 22.7 Å². The second kappa shape index (κ2) is 12.8. The van der Waals surface area contributed by atoms with Crippen LogP contribution >= 0.6 is 11.8 Å². The maximum absolute atomic E-state index is 12.9. The summed E-state index contributed by atoms with van der Waals surface area (Å²) in [5, 5.41) is 13.1. The summed E-state index contributed by atoms with van der Waals surface area (Å²) in [5.41, 5.74) is 1.62. The predicted molar refractivity (Wildman–Crippen MR) is 149 cm³/mol. The third-order valence-corrected chi connectivity index (χ3v) is 6.57. The first-order valence-electron chi connectivity index (χ1n) is 12.1. The van der Waals surface area contributed by atoms with E-state index in [1.165, 1.54) is 31.4 Å². The lowest BCUT2D eigenvalue weighted by atomic mass is 10.1. The fourth-order valence-electron chi connectivity index (χ4n) is 3.77. The number of non-ortho nitro benzene ring substituents is 1. The minimum Gasteiger partial charge on any atom is -0.495 e. The van der Waals surface area contributed by atoms with Crippen molar-refractivity contribution in [3.8, 4) is 17.2 Å². The number of carbonyl (C=O) groups is 3. The molecule has 1 saturated heterocycles. The molecular formula is C28H25N3O8S. The highest BCUT2D eigenvalue weighted by molar-refractivity contribution is 8.18. The Morgan fingerprint density at radius 1 is 1.02 bits per heavy atom. The van der Waals surface area contributed by atoms with Gasteiger partial charge in [-0.2, -0.15) is 0 Å². The van der Waals surface area contributed by atoms with Crippen LogP contribution in [0.3, 0.4) is 0 Å². The Morgan fingerprint density at radius 2 is 1.77 bits per heavy atom. The van der Waals surface area contributed by atoms with Crippen LogP contribution in [0.15, 0.2) is 71.6 Å². The Labute approximate surface area is 233 Å². The van der Waals surface area contributed by atoms with E-state index in [1.807, 2.05) is 0 Å². The average molecular weight is 564 g/mol. The van der Waals surface area contributed by atoms with Crippen LogP contribution in [-0.4, -0.2) is 47.2 Å². The van der Waals surface area contributed by atoms with Gasteiger partial charge in [-0.1, -0.05) is 30.3 Å². The molecule has 1 fully saturated rings. The number of amides is 3. The van der Waals surface area contributed by atoms with Gasteiger partial charge in [0.15, 0.2) is 18.1 Å². The van der Waals surface area contributed by atoms with Crippen molar-refractivity contribution in [2.75, 3.05) is 25.6 Å². The number of nitrogens with zero attached hydrogens (tertiary/aromatic N) is 2. The van der Waals surface area contributed by atoms with E-state index < -0.39 is 22.0 Å². The lowest BCUT2D eigenvalue weighted by molar-refractivity contribution is -0.384. The number of hydrogen-bond donors (Lipinski definition) is 1. The summed E-state index contributed by atoms with van der Waals surface area (Å²) < 4.78 is 16.6. The van der Waals surface area contributed by atoms with Crippen molar-refractivity contribution in [1.29, 1.82) is 0 Å². The normalized spacial score (nSPS) is 13.8. The van der Waals surface area contributed by atoms with Crippen molar-refractivity contribution in [3.63, 3.8) is 0 Å². The molecule has 1 N–H and O–H groups in total. The quantitative estimate of drug-likeness (QED) is 0.188. The third kappa shape index (κ3) is 6.77. The second-order valence-corrected chi connectivity index (χ2v) is 9.36. The molecule has 0 unspecified atom stereocenters. The zero-order valence-corrected chi connectivity index (χ0v) is 22.4. The number of hydrogen-bond acceptors (Lipinski definition) is 9. The van der Waals surface area contributed by atoms with Gasteiger partial charge in [0.2, 0.25) is 0 Å². The summed E-state index contributed by atoms with van der Waals surface area (Å²) in [6, 6.07) is 17.6. The fourth-order valence-corrected chi connectivity index (χ4v) is 4.61.